The summed E-state index contributed by atoms with van der Waals surface area (Å²) in [5.41, 5.74) is 1.78. The number of hydrogen-bond donors (Lipinski definition) is 1. The molecule has 2 aromatic rings. The molecule has 1 saturated carbocycles. The Hall–Kier alpha value is -2.89. The highest BCUT2D eigenvalue weighted by Crippen LogP contribution is 2.25. The summed E-state index contributed by atoms with van der Waals surface area (Å²) in [6.45, 7) is 0.819. The molecule has 0 bridgehead atoms. The highest BCUT2D eigenvalue weighted by atomic mass is 16.5. The van der Waals surface area contributed by atoms with Gasteiger partial charge in [-0.25, -0.2) is 4.98 Å². The minimum Gasteiger partial charge on any atom is -0.474 e. The van der Waals surface area contributed by atoms with Crippen molar-refractivity contribution in [3.05, 3.63) is 54.2 Å². The number of pyridine rings is 1. The average molecular weight is 379 g/mol. The molecular formula is C22H25N3O3. The lowest BCUT2D eigenvalue weighted by atomic mass is 10.1. The fourth-order valence-electron chi connectivity index (χ4n) is 3.88. The Balaban J connectivity index is 1.31. The van der Waals surface area contributed by atoms with Crippen molar-refractivity contribution in [2.24, 2.45) is 5.92 Å². The van der Waals surface area contributed by atoms with Crippen LogP contribution in [-0.2, 0) is 16.1 Å². The van der Waals surface area contributed by atoms with Crippen molar-refractivity contribution in [1.82, 2.24) is 10.3 Å². The van der Waals surface area contributed by atoms with Gasteiger partial charge < -0.3 is 15.0 Å². The van der Waals surface area contributed by atoms with E-state index in [9.17, 15) is 9.59 Å². The van der Waals surface area contributed by atoms with Crippen molar-refractivity contribution >= 4 is 17.5 Å². The number of para-hydroxylation sites is 1. The molecule has 1 N–H and O–H groups in total. The van der Waals surface area contributed by atoms with Crippen molar-refractivity contribution in [2.45, 2.75) is 44.8 Å². The van der Waals surface area contributed by atoms with E-state index in [0.717, 1.165) is 24.1 Å². The molecule has 4 rings (SSSR count). The Labute approximate surface area is 164 Å². The molecule has 2 aliphatic rings. The summed E-state index contributed by atoms with van der Waals surface area (Å²) >= 11 is 0. The van der Waals surface area contributed by atoms with Crippen LogP contribution in [0.1, 0.15) is 37.7 Å². The van der Waals surface area contributed by atoms with Crippen molar-refractivity contribution < 1.29 is 14.3 Å². The topological polar surface area (TPSA) is 71.5 Å². The average Bonchev–Trinajstić information content (AvgIpc) is 3.37. The number of benzene rings is 1. The van der Waals surface area contributed by atoms with Crippen molar-refractivity contribution in [3.63, 3.8) is 0 Å². The maximum atomic E-state index is 12.6. The third kappa shape index (κ3) is 4.32. The highest BCUT2D eigenvalue weighted by Gasteiger charge is 2.34. The van der Waals surface area contributed by atoms with Crippen LogP contribution in [0.2, 0.25) is 0 Å². The minimum absolute atomic E-state index is 0.0116. The second-order valence-corrected chi connectivity index (χ2v) is 7.49. The molecule has 28 heavy (non-hydrogen) atoms. The summed E-state index contributed by atoms with van der Waals surface area (Å²) in [6.07, 6.45) is 6.79. The molecule has 6 nitrogen and oxygen atoms in total. The van der Waals surface area contributed by atoms with Crippen LogP contribution in [0.3, 0.4) is 0 Å². The second-order valence-electron chi connectivity index (χ2n) is 7.49. The quantitative estimate of drug-likeness (QED) is 0.837. The summed E-state index contributed by atoms with van der Waals surface area (Å²) in [6, 6.07) is 13.2. The van der Waals surface area contributed by atoms with E-state index in [1.165, 1.54) is 12.8 Å². The van der Waals surface area contributed by atoms with Gasteiger partial charge in [0.25, 0.3) is 0 Å². The summed E-state index contributed by atoms with van der Waals surface area (Å²) < 4.78 is 5.92. The molecule has 1 aliphatic heterocycles. The number of carbonyl (C=O) groups excluding carboxylic acids is 2. The highest BCUT2D eigenvalue weighted by molar-refractivity contribution is 6.00. The SMILES string of the molecule is O=C(NCc1ccnc(OC2CCCC2)c1)C1CC(=O)N(c2ccccc2)C1. The Kier molecular flexibility index (Phi) is 5.55. The number of amides is 2. The van der Waals surface area contributed by atoms with Gasteiger partial charge in [0.15, 0.2) is 0 Å². The Bertz CT molecular complexity index is 834. The van der Waals surface area contributed by atoms with Gasteiger partial charge in [0.2, 0.25) is 17.7 Å². The molecule has 0 radical (unpaired) electrons. The number of aromatic nitrogens is 1. The van der Waals surface area contributed by atoms with Crippen LogP contribution in [0, 0.1) is 5.92 Å². The van der Waals surface area contributed by atoms with Crippen LogP contribution in [0.5, 0.6) is 5.88 Å². The normalized spacial score (nSPS) is 19.8. The van der Waals surface area contributed by atoms with Gasteiger partial charge in [-0.1, -0.05) is 18.2 Å². The molecule has 2 amide bonds. The van der Waals surface area contributed by atoms with Gasteiger partial charge in [-0.3, -0.25) is 9.59 Å². The van der Waals surface area contributed by atoms with Crippen molar-refractivity contribution in [1.29, 1.82) is 0 Å². The van der Waals surface area contributed by atoms with Gasteiger partial charge in [-0.15, -0.1) is 0 Å². The van der Waals surface area contributed by atoms with E-state index in [2.05, 4.69) is 10.3 Å². The molecule has 2 heterocycles. The van der Waals surface area contributed by atoms with Crippen LogP contribution < -0.4 is 15.0 Å². The predicted octanol–water partition coefficient (Wildman–Crippen LogP) is 3.07. The molecule has 1 unspecified atom stereocenters. The van der Waals surface area contributed by atoms with E-state index < -0.39 is 0 Å². The standard InChI is InChI=1S/C22H25N3O3/c26-21-13-17(15-25(21)18-6-2-1-3-7-18)22(27)24-14-16-10-11-23-20(12-16)28-19-8-4-5-9-19/h1-3,6-7,10-12,17,19H,4-5,8-9,13-15H2,(H,24,27). The van der Waals surface area contributed by atoms with Crippen molar-refractivity contribution in [3.8, 4) is 5.88 Å². The molecule has 1 aromatic carbocycles. The Morgan fingerprint density at radius 1 is 1.18 bits per heavy atom. The Morgan fingerprint density at radius 2 is 1.96 bits per heavy atom. The maximum Gasteiger partial charge on any atom is 0.227 e. The fraction of sp³-hybridized carbons (Fsp3) is 0.409. The molecule has 6 heteroatoms. The van der Waals surface area contributed by atoms with Gasteiger partial charge in [0, 0.05) is 37.5 Å². The second kappa shape index (κ2) is 8.42. The van der Waals surface area contributed by atoms with Crippen LogP contribution in [-0.4, -0.2) is 29.4 Å². The van der Waals surface area contributed by atoms with Gasteiger partial charge >= 0.3 is 0 Å². The van der Waals surface area contributed by atoms with E-state index in [1.54, 1.807) is 11.1 Å². The van der Waals surface area contributed by atoms with Crippen LogP contribution >= 0.6 is 0 Å². The largest absolute Gasteiger partial charge is 0.474 e. The monoisotopic (exact) mass is 379 g/mol. The summed E-state index contributed by atoms with van der Waals surface area (Å²) in [5, 5.41) is 2.95. The zero-order valence-corrected chi connectivity index (χ0v) is 15.8. The molecule has 146 valence electrons. The molecule has 1 atom stereocenters. The number of ether oxygens (including phenoxy) is 1. The zero-order valence-electron chi connectivity index (χ0n) is 15.8. The van der Waals surface area contributed by atoms with E-state index in [0.29, 0.717) is 19.0 Å². The lowest BCUT2D eigenvalue weighted by Gasteiger charge is -2.16. The first-order valence-corrected chi connectivity index (χ1v) is 9.94. The lowest BCUT2D eigenvalue weighted by molar-refractivity contribution is -0.126. The first-order chi connectivity index (χ1) is 13.7. The van der Waals surface area contributed by atoms with Gasteiger partial charge in [0.1, 0.15) is 6.10 Å². The first kappa shape index (κ1) is 18.5. The molecule has 1 saturated heterocycles. The smallest absolute Gasteiger partial charge is 0.227 e. The molecule has 1 aliphatic carbocycles. The van der Waals surface area contributed by atoms with Crippen LogP contribution in [0.15, 0.2) is 48.7 Å². The maximum absolute atomic E-state index is 12.6. The molecule has 1 aromatic heterocycles. The molecular weight excluding hydrogens is 354 g/mol. The number of rotatable bonds is 6. The summed E-state index contributed by atoms with van der Waals surface area (Å²) in [4.78, 5) is 30.8. The van der Waals surface area contributed by atoms with Gasteiger partial charge in [-0.05, 0) is 49.4 Å². The third-order valence-corrected chi connectivity index (χ3v) is 5.42. The number of carbonyl (C=O) groups is 2. The molecule has 2 fully saturated rings. The molecule has 0 spiro atoms. The zero-order chi connectivity index (χ0) is 19.3. The number of nitrogens with one attached hydrogen (secondary N) is 1. The third-order valence-electron chi connectivity index (χ3n) is 5.42. The number of nitrogens with zero attached hydrogens (tertiary/aromatic N) is 2. The summed E-state index contributed by atoms with van der Waals surface area (Å²) in [5.74, 6) is 0.179. The lowest BCUT2D eigenvalue weighted by Crippen LogP contribution is -2.32. The van der Waals surface area contributed by atoms with Crippen LogP contribution in [0.25, 0.3) is 0 Å². The number of anilines is 1. The number of hydrogen-bond acceptors (Lipinski definition) is 4. The van der Waals surface area contributed by atoms with E-state index in [4.69, 9.17) is 4.74 Å². The minimum atomic E-state index is -0.330. The fourth-order valence-corrected chi connectivity index (χ4v) is 3.88. The predicted molar refractivity (Wildman–Crippen MR) is 106 cm³/mol. The van der Waals surface area contributed by atoms with E-state index in [1.807, 2.05) is 42.5 Å². The van der Waals surface area contributed by atoms with Gasteiger partial charge in [-0.2, -0.15) is 0 Å². The van der Waals surface area contributed by atoms with E-state index >= 15 is 0 Å². The summed E-state index contributed by atoms with van der Waals surface area (Å²) in [7, 11) is 0. The van der Waals surface area contributed by atoms with E-state index in [-0.39, 0.29) is 30.3 Å². The van der Waals surface area contributed by atoms with Crippen molar-refractivity contribution in [2.75, 3.05) is 11.4 Å². The van der Waals surface area contributed by atoms with Gasteiger partial charge in [0.05, 0.1) is 5.92 Å². The first-order valence-electron chi connectivity index (χ1n) is 9.94. The Morgan fingerprint density at radius 3 is 2.75 bits per heavy atom. The van der Waals surface area contributed by atoms with Crippen LogP contribution in [0.4, 0.5) is 5.69 Å².